The average Bonchev–Trinajstić information content (AvgIpc) is 3.22. The van der Waals surface area contributed by atoms with Gasteiger partial charge in [-0.25, -0.2) is 4.99 Å². The summed E-state index contributed by atoms with van der Waals surface area (Å²) in [5.41, 5.74) is 0.483. The van der Waals surface area contributed by atoms with Crippen LogP contribution in [0.5, 0.6) is 11.5 Å². The third-order valence-corrected chi connectivity index (χ3v) is 4.92. The van der Waals surface area contributed by atoms with Crippen LogP contribution < -0.4 is 25.4 Å². The van der Waals surface area contributed by atoms with Crippen LogP contribution in [0, 0.1) is 5.92 Å². The molecule has 1 fully saturated rings. The zero-order chi connectivity index (χ0) is 21.8. The van der Waals surface area contributed by atoms with Gasteiger partial charge in [-0.2, -0.15) is 8.78 Å². The van der Waals surface area contributed by atoms with Crippen LogP contribution >= 0.6 is 24.0 Å². The summed E-state index contributed by atoms with van der Waals surface area (Å²) in [6, 6.07) is 4.62. The van der Waals surface area contributed by atoms with E-state index in [-0.39, 0.29) is 42.2 Å². The highest BCUT2D eigenvalue weighted by Gasteiger charge is 2.18. The molecule has 0 spiro atoms. The number of halogens is 3. The first-order valence-electron chi connectivity index (χ1n) is 10.4. The van der Waals surface area contributed by atoms with Gasteiger partial charge in [0.1, 0.15) is 11.5 Å². The zero-order valence-corrected chi connectivity index (χ0v) is 20.4. The molecule has 10 heteroatoms. The quantitative estimate of drug-likeness (QED) is 0.168. The van der Waals surface area contributed by atoms with Gasteiger partial charge in [0.15, 0.2) is 5.96 Å². The highest BCUT2D eigenvalue weighted by Crippen LogP contribution is 2.27. The number of nitrogens with zero attached hydrogens (tertiary/aromatic N) is 1. The summed E-state index contributed by atoms with van der Waals surface area (Å²) >= 11 is 0. The first-order valence-corrected chi connectivity index (χ1v) is 10.4. The van der Waals surface area contributed by atoms with Crippen LogP contribution in [0.25, 0.3) is 0 Å². The van der Waals surface area contributed by atoms with Crippen LogP contribution in [0.4, 0.5) is 8.78 Å². The van der Waals surface area contributed by atoms with Gasteiger partial charge in [-0.3, -0.25) is 4.79 Å². The average molecular weight is 554 g/mol. The van der Waals surface area contributed by atoms with Crippen LogP contribution in [-0.2, 0) is 11.3 Å². The molecular formula is C21H33F2IN4O3. The Morgan fingerprint density at radius 1 is 1.19 bits per heavy atom. The lowest BCUT2D eigenvalue weighted by atomic mass is 10.0. The summed E-state index contributed by atoms with van der Waals surface area (Å²) in [5, 5.41) is 9.15. The van der Waals surface area contributed by atoms with E-state index in [1.165, 1.54) is 26.0 Å². The van der Waals surface area contributed by atoms with Crippen LogP contribution in [0.3, 0.4) is 0 Å². The minimum absolute atomic E-state index is 0. The van der Waals surface area contributed by atoms with Crippen LogP contribution in [0.1, 0.15) is 44.6 Å². The van der Waals surface area contributed by atoms with Gasteiger partial charge >= 0.3 is 6.61 Å². The van der Waals surface area contributed by atoms with Gasteiger partial charge in [-0.15, -0.1) is 24.0 Å². The van der Waals surface area contributed by atoms with Crippen molar-refractivity contribution in [1.29, 1.82) is 0 Å². The summed E-state index contributed by atoms with van der Waals surface area (Å²) in [7, 11) is 1.50. The summed E-state index contributed by atoms with van der Waals surface area (Å²) in [4.78, 5) is 16.4. The minimum Gasteiger partial charge on any atom is -0.497 e. The van der Waals surface area contributed by atoms with Gasteiger partial charge in [-0.1, -0.05) is 12.8 Å². The maximum absolute atomic E-state index is 12.7. The van der Waals surface area contributed by atoms with Crippen molar-refractivity contribution in [3.63, 3.8) is 0 Å². The molecule has 3 N–H and O–H groups in total. The van der Waals surface area contributed by atoms with Crippen molar-refractivity contribution >= 4 is 35.8 Å². The van der Waals surface area contributed by atoms with Gasteiger partial charge in [0.05, 0.1) is 13.7 Å². The number of benzene rings is 1. The van der Waals surface area contributed by atoms with Crippen LogP contribution in [0.2, 0.25) is 0 Å². The van der Waals surface area contributed by atoms with E-state index in [2.05, 4.69) is 25.7 Å². The maximum atomic E-state index is 12.7. The molecule has 2 rings (SSSR count). The molecule has 0 radical (unpaired) electrons. The molecule has 1 aliphatic rings. The number of ether oxygens (including phenoxy) is 2. The molecule has 176 valence electrons. The molecule has 1 saturated carbocycles. The van der Waals surface area contributed by atoms with Crippen molar-refractivity contribution in [2.75, 3.05) is 26.7 Å². The van der Waals surface area contributed by atoms with Crippen molar-refractivity contribution in [1.82, 2.24) is 16.0 Å². The zero-order valence-electron chi connectivity index (χ0n) is 18.1. The van der Waals surface area contributed by atoms with E-state index in [1.54, 1.807) is 12.1 Å². The molecule has 0 saturated heterocycles. The van der Waals surface area contributed by atoms with E-state index in [0.717, 1.165) is 12.8 Å². The number of guanidine groups is 1. The molecular weight excluding hydrogens is 521 g/mol. The Bertz CT molecular complexity index is 701. The molecule has 31 heavy (non-hydrogen) atoms. The molecule has 1 aromatic carbocycles. The second-order valence-electron chi connectivity index (χ2n) is 7.18. The molecule has 1 amide bonds. The topological polar surface area (TPSA) is 84.0 Å². The maximum Gasteiger partial charge on any atom is 0.387 e. The Labute approximate surface area is 199 Å². The second-order valence-corrected chi connectivity index (χ2v) is 7.18. The number of amides is 1. The first kappa shape index (κ1) is 27.2. The molecule has 0 aliphatic heterocycles. The lowest BCUT2D eigenvalue weighted by molar-refractivity contribution is -0.121. The fourth-order valence-electron chi connectivity index (χ4n) is 3.45. The van der Waals surface area contributed by atoms with E-state index in [0.29, 0.717) is 49.2 Å². The Morgan fingerprint density at radius 3 is 2.55 bits per heavy atom. The van der Waals surface area contributed by atoms with E-state index in [1.807, 2.05) is 6.92 Å². The fourth-order valence-corrected chi connectivity index (χ4v) is 3.45. The number of methoxy groups -OCH3 is 1. The predicted molar refractivity (Wildman–Crippen MR) is 127 cm³/mol. The van der Waals surface area contributed by atoms with Crippen LogP contribution in [0.15, 0.2) is 23.2 Å². The number of hydrogen-bond acceptors (Lipinski definition) is 4. The van der Waals surface area contributed by atoms with Crippen molar-refractivity contribution in [2.45, 2.75) is 52.2 Å². The van der Waals surface area contributed by atoms with E-state index in [9.17, 15) is 13.6 Å². The third-order valence-electron chi connectivity index (χ3n) is 4.92. The number of aliphatic imine (C=N–C) groups is 1. The molecule has 1 aliphatic carbocycles. The Kier molecular flexibility index (Phi) is 13.2. The monoisotopic (exact) mass is 554 g/mol. The number of carbonyl (C=O) groups excluding carboxylic acids is 1. The van der Waals surface area contributed by atoms with Gasteiger partial charge in [0.2, 0.25) is 5.91 Å². The largest absolute Gasteiger partial charge is 0.497 e. The molecule has 0 heterocycles. The first-order chi connectivity index (χ1) is 14.5. The lowest BCUT2D eigenvalue weighted by Gasteiger charge is -2.14. The van der Waals surface area contributed by atoms with Crippen molar-refractivity contribution in [3.8, 4) is 11.5 Å². The summed E-state index contributed by atoms with van der Waals surface area (Å²) in [5.74, 6) is 1.71. The highest BCUT2D eigenvalue weighted by molar-refractivity contribution is 14.0. The molecule has 7 nitrogen and oxygen atoms in total. The second kappa shape index (κ2) is 15.0. The highest BCUT2D eigenvalue weighted by atomic mass is 127. The Hall–Kier alpha value is -1.85. The number of alkyl halides is 2. The van der Waals surface area contributed by atoms with Crippen molar-refractivity contribution in [3.05, 3.63) is 23.8 Å². The summed E-state index contributed by atoms with van der Waals surface area (Å²) < 4.78 is 35.0. The minimum atomic E-state index is -2.92. The number of hydrogen-bond donors (Lipinski definition) is 3. The standard InChI is InChI=1S/C21H32F2N4O3.HI/c1-3-24-21(26-11-10-25-19(28)12-15-6-4-5-7-15)27-14-16-13-17(29-2)8-9-18(16)30-20(22)23;/h8-9,13,15,20H,3-7,10-12,14H2,1-2H3,(H,25,28)(H2,24,26,27);1H. The van der Waals surface area contributed by atoms with Gasteiger partial charge in [0, 0.05) is 31.6 Å². The Balaban J connectivity index is 0.00000480. The van der Waals surface area contributed by atoms with Gasteiger partial charge in [0.25, 0.3) is 0 Å². The molecule has 0 atom stereocenters. The molecule has 1 aromatic rings. The third kappa shape index (κ3) is 10.3. The van der Waals surface area contributed by atoms with E-state index in [4.69, 9.17) is 4.74 Å². The SMILES string of the molecule is CCNC(=NCc1cc(OC)ccc1OC(F)F)NCCNC(=O)CC1CCCC1.I. The normalized spacial score (nSPS) is 14.2. The summed E-state index contributed by atoms with van der Waals surface area (Å²) in [6.45, 7) is 0.758. The smallest absolute Gasteiger partial charge is 0.387 e. The fraction of sp³-hybridized carbons (Fsp3) is 0.619. The number of nitrogens with one attached hydrogen (secondary N) is 3. The van der Waals surface area contributed by atoms with Crippen molar-refractivity contribution in [2.24, 2.45) is 10.9 Å². The van der Waals surface area contributed by atoms with Crippen LogP contribution in [-0.4, -0.2) is 45.2 Å². The number of rotatable bonds is 11. The van der Waals surface area contributed by atoms with E-state index >= 15 is 0 Å². The molecule has 0 aromatic heterocycles. The Morgan fingerprint density at radius 2 is 1.90 bits per heavy atom. The predicted octanol–water partition coefficient (Wildman–Crippen LogP) is 3.67. The lowest BCUT2D eigenvalue weighted by Crippen LogP contribution is -2.41. The van der Waals surface area contributed by atoms with Gasteiger partial charge < -0.3 is 25.4 Å². The van der Waals surface area contributed by atoms with Gasteiger partial charge in [-0.05, 0) is 43.9 Å². The van der Waals surface area contributed by atoms with Crippen molar-refractivity contribution < 1.29 is 23.0 Å². The van der Waals surface area contributed by atoms with E-state index < -0.39 is 6.61 Å². The molecule has 0 bridgehead atoms. The molecule has 0 unspecified atom stereocenters. The number of carbonyl (C=O) groups is 1. The summed E-state index contributed by atoms with van der Waals surface area (Å²) in [6.07, 6.45) is 5.32.